The Labute approximate surface area is 90.8 Å². The molecule has 5 nitrogen and oxygen atoms in total. The molecule has 0 spiro atoms. The van der Waals surface area contributed by atoms with Gasteiger partial charge in [-0.2, -0.15) is 0 Å². The SMILES string of the molecule is CC(C)CC(C)NC(=O)CNC(=O)CN. The van der Waals surface area contributed by atoms with Gasteiger partial charge >= 0.3 is 0 Å². The molecule has 0 heterocycles. The molecule has 0 aromatic carbocycles. The van der Waals surface area contributed by atoms with Gasteiger partial charge in [-0.05, 0) is 19.3 Å². The molecule has 0 bridgehead atoms. The molecule has 5 heteroatoms. The highest BCUT2D eigenvalue weighted by Gasteiger charge is 2.09. The van der Waals surface area contributed by atoms with E-state index < -0.39 is 0 Å². The summed E-state index contributed by atoms with van der Waals surface area (Å²) in [4.78, 5) is 22.1. The maximum absolute atomic E-state index is 11.3. The van der Waals surface area contributed by atoms with Crippen LogP contribution in [0.1, 0.15) is 27.2 Å². The van der Waals surface area contributed by atoms with Crippen LogP contribution in [0.2, 0.25) is 0 Å². The van der Waals surface area contributed by atoms with Crippen molar-refractivity contribution in [1.29, 1.82) is 0 Å². The number of amides is 2. The van der Waals surface area contributed by atoms with Crippen LogP contribution in [-0.4, -0.2) is 30.9 Å². The third-order valence-corrected chi connectivity index (χ3v) is 1.86. The molecule has 88 valence electrons. The molecule has 0 aliphatic carbocycles. The minimum absolute atomic E-state index is 0.00152. The van der Waals surface area contributed by atoms with Gasteiger partial charge in [0, 0.05) is 6.04 Å². The molecule has 0 aliphatic rings. The van der Waals surface area contributed by atoms with E-state index in [2.05, 4.69) is 24.5 Å². The van der Waals surface area contributed by atoms with E-state index in [1.54, 1.807) is 0 Å². The third kappa shape index (κ3) is 7.93. The summed E-state index contributed by atoms with van der Waals surface area (Å²) in [6, 6.07) is 0.132. The Balaban J connectivity index is 3.69. The molecular formula is C10H21N3O2. The molecule has 15 heavy (non-hydrogen) atoms. The molecule has 0 fully saturated rings. The molecule has 0 saturated heterocycles. The Hall–Kier alpha value is -1.10. The number of hydrogen-bond donors (Lipinski definition) is 3. The zero-order chi connectivity index (χ0) is 11.8. The number of nitrogens with one attached hydrogen (secondary N) is 2. The fraction of sp³-hybridized carbons (Fsp3) is 0.800. The smallest absolute Gasteiger partial charge is 0.239 e. The summed E-state index contributed by atoms with van der Waals surface area (Å²) in [5.41, 5.74) is 5.08. The van der Waals surface area contributed by atoms with E-state index in [0.717, 1.165) is 6.42 Å². The van der Waals surface area contributed by atoms with E-state index in [0.29, 0.717) is 5.92 Å². The van der Waals surface area contributed by atoms with Crippen molar-refractivity contribution in [2.75, 3.05) is 13.1 Å². The fourth-order valence-corrected chi connectivity index (χ4v) is 1.34. The van der Waals surface area contributed by atoms with Crippen molar-refractivity contribution in [3.8, 4) is 0 Å². The number of carbonyl (C=O) groups excluding carboxylic acids is 2. The summed E-state index contributed by atoms with van der Waals surface area (Å²) < 4.78 is 0. The standard InChI is InChI=1S/C10H21N3O2/c1-7(2)4-8(3)13-10(15)6-12-9(14)5-11/h7-8H,4-6,11H2,1-3H3,(H,12,14)(H,13,15). The van der Waals surface area contributed by atoms with Gasteiger partial charge in [0.2, 0.25) is 11.8 Å². The first-order valence-electron chi connectivity index (χ1n) is 5.21. The van der Waals surface area contributed by atoms with Crippen LogP contribution in [0.3, 0.4) is 0 Å². The number of carbonyl (C=O) groups is 2. The summed E-state index contributed by atoms with van der Waals surface area (Å²) in [7, 11) is 0. The van der Waals surface area contributed by atoms with Crippen molar-refractivity contribution in [3.63, 3.8) is 0 Å². The topological polar surface area (TPSA) is 84.2 Å². The summed E-state index contributed by atoms with van der Waals surface area (Å²) in [6.07, 6.45) is 0.927. The molecule has 2 amide bonds. The fourth-order valence-electron chi connectivity index (χ4n) is 1.34. The Morgan fingerprint density at radius 3 is 2.27 bits per heavy atom. The molecule has 0 rings (SSSR count). The van der Waals surface area contributed by atoms with Crippen molar-refractivity contribution in [3.05, 3.63) is 0 Å². The zero-order valence-corrected chi connectivity index (χ0v) is 9.67. The quantitative estimate of drug-likeness (QED) is 0.564. The van der Waals surface area contributed by atoms with Gasteiger partial charge in [0.15, 0.2) is 0 Å². The first kappa shape index (κ1) is 13.9. The Morgan fingerprint density at radius 2 is 1.80 bits per heavy atom. The Morgan fingerprint density at radius 1 is 1.20 bits per heavy atom. The molecular weight excluding hydrogens is 194 g/mol. The van der Waals surface area contributed by atoms with E-state index in [-0.39, 0.29) is 30.9 Å². The van der Waals surface area contributed by atoms with Gasteiger partial charge in [-0.15, -0.1) is 0 Å². The summed E-state index contributed by atoms with van der Waals surface area (Å²) in [5.74, 6) is 0.0468. The largest absolute Gasteiger partial charge is 0.352 e. The van der Waals surface area contributed by atoms with Gasteiger partial charge in [-0.1, -0.05) is 13.8 Å². The van der Waals surface area contributed by atoms with E-state index in [1.807, 2.05) is 6.92 Å². The monoisotopic (exact) mass is 215 g/mol. The lowest BCUT2D eigenvalue weighted by Gasteiger charge is -2.15. The van der Waals surface area contributed by atoms with Crippen LogP contribution in [0.25, 0.3) is 0 Å². The molecule has 1 unspecified atom stereocenters. The summed E-state index contributed by atoms with van der Waals surface area (Å²) >= 11 is 0. The van der Waals surface area contributed by atoms with Crippen LogP contribution < -0.4 is 16.4 Å². The average molecular weight is 215 g/mol. The van der Waals surface area contributed by atoms with Gasteiger partial charge in [0.05, 0.1) is 13.1 Å². The van der Waals surface area contributed by atoms with Crippen molar-refractivity contribution < 1.29 is 9.59 Å². The molecule has 4 N–H and O–H groups in total. The van der Waals surface area contributed by atoms with E-state index in [1.165, 1.54) is 0 Å². The van der Waals surface area contributed by atoms with Crippen LogP contribution in [-0.2, 0) is 9.59 Å². The molecule has 0 radical (unpaired) electrons. The number of rotatable bonds is 6. The summed E-state index contributed by atoms with van der Waals surface area (Å²) in [6.45, 7) is 6.05. The highest BCUT2D eigenvalue weighted by molar-refractivity contribution is 5.85. The second-order valence-corrected chi connectivity index (χ2v) is 4.08. The third-order valence-electron chi connectivity index (χ3n) is 1.86. The lowest BCUT2D eigenvalue weighted by atomic mass is 10.1. The predicted octanol–water partition coefficient (Wildman–Crippen LogP) is -0.388. The second kappa shape index (κ2) is 7.23. The Kier molecular flexibility index (Phi) is 6.70. The lowest BCUT2D eigenvalue weighted by molar-refractivity contribution is -0.125. The highest BCUT2D eigenvalue weighted by Crippen LogP contribution is 2.03. The van der Waals surface area contributed by atoms with Crippen LogP contribution in [0.4, 0.5) is 0 Å². The lowest BCUT2D eigenvalue weighted by Crippen LogP contribution is -2.42. The normalized spacial score (nSPS) is 12.3. The molecule has 0 aromatic rings. The first-order valence-corrected chi connectivity index (χ1v) is 5.21. The van der Waals surface area contributed by atoms with Crippen LogP contribution in [0, 0.1) is 5.92 Å². The zero-order valence-electron chi connectivity index (χ0n) is 9.67. The number of nitrogens with two attached hydrogens (primary N) is 1. The van der Waals surface area contributed by atoms with Crippen molar-refractivity contribution >= 4 is 11.8 Å². The maximum Gasteiger partial charge on any atom is 0.239 e. The highest BCUT2D eigenvalue weighted by atomic mass is 16.2. The van der Waals surface area contributed by atoms with Crippen molar-refractivity contribution in [2.24, 2.45) is 11.7 Å². The van der Waals surface area contributed by atoms with E-state index in [9.17, 15) is 9.59 Å². The summed E-state index contributed by atoms with van der Waals surface area (Å²) in [5, 5.41) is 5.21. The molecule has 1 atom stereocenters. The van der Waals surface area contributed by atoms with E-state index >= 15 is 0 Å². The van der Waals surface area contributed by atoms with Crippen LogP contribution in [0.15, 0.2) is 0 Å². The van der Waals surface area contributed by atoms with Gasteiger partial charge < -0.3 is 16.4 Å². The van der Waals surface area contributed by atoms with Gasteiger partial charge in [-0.3, -0.25) is 9.59 Å². The van der Waals surface area contributed by atoms with Gasteiger partial charge in [-0.25, -0.2) is 0 Å². The van der Waals surface area contributed by atoms with E-state index in [4.69, 9.17) is 5.73 Å². The molecule has 0 aromatic heterocycles. The Bertz CT molecular complexity index is 217. The van der Waals surface area contributed by atoms with Crippen molar-refractivity contribution in [2.45, 2.75) is 33.2 Å². The maximum atomic E-state index is 11.3. The minimum Gasteiger partial charge on any atom is -0.352 e. The molecule has 0 aliphatic heterocycles. The van der Waals surface area contributed by atoms with Crippen LogP contribution in [0.5, 0.6) is 0 Å². The van der Waals surface area contributed by atoms with Gasteiger partial charge in [0.25, 0.3) is 0 Å². The van der Waals surface area contributed by atoms with Crippen molar-refractivity contribution in [1.82, 2.24) is 10.6 Å². The predicted molar refractivity (Wildman–Crippen MR) is 59.1 cm³/mol. The molecule has 0 saturated carbocycles. The number of hydrogen-bond acceptors (Lipinski definition) is 3. The van der Waals surface area contributed by atoms with Gasteiger partial charge in [0.1, 0.15) is 0 Å². The second-order valence-electron chi connectivity index (χ2n) is 4.08. The first-order chi connectivity index (χ1) is 6.95. The van der Waals surface area contributed by atoms with Crippen LogP contribution >= 0.6 is 0 Å². The average Bonchev–Trinajstić information content (AvgIpc) is 2.12. The minimum atomic E-state index is -0.318.